The van der Waals surface area contributed by atoms with Crippen molar-refractivity contribution >= 4 is 49.2 Å². The van der Waals surface area contributed by atoms with Crippen molar-refractivity contribution in [1.29, 1.82) is 0 Å². The molecule has 0 unspecified atom stereocenters. The van der Waals surface area contributed by atoms with Gasteiger partial charge in [0.15, 0.2) is 6.29 Å². The van der Waals surface area contributed by atoms with Gasteiger partial charge >= 0.3 is 0 Å². The van der Waals surface area contributed by atoms with Crippen molar-refractivity contribution in [2.45, 2.75) is 13.0 Å². The monoisotopic (exact) mass is 673 g/mol. The van der Waals surface area contributed by atoms with E-state index in [9.17, 15) is 32.2 Å². The van der Waals surface area contributed by atoms with Crippen molar-refractivity contribution in [3.63, 3.8) is 0 Å². The van der Waals surface area contributed by atoms with E-state index in [2.05, 4.69) is 5.32 Å². The van der Waals surface area contributed by atoms with Crippen LogP contribution in [0.5, 0.6) is 0 Å². The highest BCUT2D eigenvalue weighted by molar-refractivity contribution is 7.92. The van der Waals surface area contributed by atoms with Gasteiger partial charge in [0.25, 0.3) is 5.91 Å². The summed E-state index contributed by atoms with van der Waals surface area (Å²) in [7, 11) is -0.969. The molecule has 1 aliphatic rings. The van der Waals surface area contributed by atoms with E-state index in [1.54, 1.807) is 41.3 Å². The Balaban J connectivity index is 1.51. The average Bonchev–Trinajstić information content (AvgIpc) is 3.62. The minimum Gasteiger partial charge on any atom is -0.455 e. The second kappa shape index (κ2) is 11.4. The first-order chi connectivity index (χ1) is 22.8. The molecule has 0 saturated heterocycles. The summed E-state index contributed by atoms with van der Waals surface area (Å²) in [5.74, 6) is -1.21. The van der Waals surface area contributed by atoms with Crippen LogP contribution in [0.2, 0.25) is 0 Å². The van der Waals surface area contributed by atoms with Gasteiger partial charge in [-0.1, -0.05) is 6.07 Å². The molecule has 1 aliphatic heterocycles. The molecule has 0 bridgehead atoms. The molecule has 11 nitrogen and oxygen atoms in total. The van der Waals surface area contributed by atoms with E-state index in [0.29, 0.717) is 50.2 Å². The van der Waals surface area contributed by atoms with Crippen molar-refractivity contribution in [2.24, 2.45) is 0 Å². The predicted molar refractivity (Wildman–Crippen MR) is 178 cm³/mol. The SMILES string of the molecule is CNC(=O)c1c(-c2ccc(F)cc2)oc2cc(N(C)S(C)(=O)=O)c(-c3ccc4c(n3)-c3cc5c(F)cccc5n3CN4CC(O)O)cc12. The molecular weight excluding hydrogens is 644 g/mol. The first kappa shape index (κ1) is 31.3. The molecule has 246 valence electrons. The van der Waals surface area contributed by atoms with E-state index < -0.39 is 33.9 Å². The van der Waals surface area contributed by atoms with Crippen LogP contribution in [0.1, 0.15) is 10.4 Å². The van der Waals surface area contributed by atoms with Gasteiger partial charge in [0.2, 0.25) is 10.0 Å². The lowest BCUT2D eigenvalue weighted by atomic mass is 10.00. The summed E-state index contributed by atoms with van der Waals surface area (Å²) in [5.41, 5.74) is 3.76. The molecule has 48 heavy (non-hydrogen) atoms. The molecule has 1 amide bonds. The van der Waals surface area contributed by atoms with Crippen LogP contribution in [0.25, 0.3) is 55.8 Å². The molecule has 14 heteroatoms. The Hall–Kier alpha value is -5.31. The summed E-state index contributed by atoms with van der Waals surface area (Å²) in [6, 6.07) is 18.3. The van der Waals surface area contributed by atoms with E-state index in [0.717, 1.165) is 10.6 Å². The minimum atomic E-state index is -3.81. The topological polar surface area (TPSA) is 141 Å². The van der Waals surface area contributed by atoms with Gasteiger partial charge in [-0.25, -0.2) is 22.2 Å². The molecule has 0 spiro atoms. The zero-order valence-electron chi connectivity index (χ0n) is 25.9. The summed E-state index contributed by atoms with van der Waals surface area (Å²) in [4.78, 5) is 20.0. The maximum atomic E-state index is 14.9. The van der Waals surface area contributed by atoms with Gasteiger partial charge in [0.1, 0.15) is 28.7 Å². The number of β-amino-alcohol motifs (C(OH)–C–C–N with tert-alkyl or cyclic N) is 2. The number of carbonyl (C=O) groups is 1. The van der Waals surface area contributed by atoms with Crippen molar-refractivity contribution in [3.8, 4) is 34.0 Å². The number of amides is 1. The number of hydrogen-bond acceptors (Lipinski definition) is 8. The third-order valence-corrected chi connectivity index (χ3v) is 9.72. The van der Waals surface area contributed by atoms with E-state index in [1.807, 2.05) is 4.57 Å². The first-order valence-electron chi connectivity index (χ1n) is 14.8. The quantitative estimate of drug-likeness (QED) is 0.203. The first-order valence-corrected chi connectivity index (χ1v) is 16.6. The molecule has 3 N–H and O–H groups in total. The van der Waals surface area contributed by atoms with Crippen molar-refractivity contribution in [2.75, 3.05) is 36.1 Å². The Labute approximate surface area is 273 Å². The Kier molecular flexibility index (Phi) is 7.46. The highest BCUT2D eigenvalue weighted by Crippen LogP contribution is 2.44. The van der Waals surface area contributed by atoms with E-state index >= 15 is 0 Å². The Morgan fingerprint density at radius 1 is 1.06 bits per heavy atom. The lowest BCUT2D eigenvalue weighted by molar-refractivity contribution is -0.0330. The number of rotatable bonds is 7. The lowest BCUT2D eigenvalue weighted by Crippen LogP contribution is -2.36. The third-order valence-electron chi connectivity index (χ3n) is 8.53. The number of halogens is 2. The van der Waals surface area contributed by atoms with Crippen LogP contribution in [0, 0.1) is 11.6 Å². The van der Waals surface area contributed by atoms with Crippen molar-refractivity contribution in [3.05, 3.63) is 90.0 Å². The Bertz CT molecular complexity index is 2370. The number of carbonyl (C=O) groups excluding carboxylic acids is 1. The highest BCUT2D eigenvalue weighted by atomic mass is 32.2. The molecular formula is C34H29F2N5O6S. The summed E-state index contributed by atoms with van der Waals surface area (Å²) in [6.45, 7) is 0.0335. The molecule has 7 rings (SSSR count). The van der Waals surface area contributed by atoms with Crippen LogP contribution in [-0.4, -0.2) is 67.3 Å². The number of fused-ring (bicyclic) bond motifs is 6. The van der Waals surface area contributed by atoms with Gasteiger partial charge in [-0.15, -0.1) is 0 Å². The zero-order chi connectivity index (χ0) is 34.1. The van der Waals surface area contributed by atoms with Crippen LogP contribution in [0.15, 0.2) is 77.2 Å². The number of aliphatic hydroxyl groups excluding tert-OH is 1. The summed E-state index contributed by atoms with van der Waals surface area (Å²) >= 11 is 0. The van der Waals surface area contributed by atoms with Crippen LogP contribution < -0.4 is 14.5 Å². The van der Waals surface area contributed by atoms with Gasteiger partial charge in [-0.3, -0.25) is 9.10 Å². The number of furan rings is 1. The van der Waals surface area contributed by atoms with Crippen molar-refractivity contribution < 1.29 is 36.6 Å². The van der Waals surface area contributed by atoms with Crippen molar-refractivity contribution in [1.82, 2.24) is 14.9 Å². The molecule has 0 radical (unpaired) electrons. The van der Waals surface area contributed by atoms with Crippen LogP contribution in [-0.2, 0) is 16.7 Å². The van der Waals surface area contributed by atoms with Gasteiger partial charge in [0, 0.05) is 42.1 Å². The van der Waals surface area contributed by atoms with Crippen LogP contribution in [0.3, 0.4) is 0 Å². The van der Waals surface area contributed by atoms with E-state index in [4.69, 9.17) is 9.40 Å². The average molecular weight is 674 g/mol. The number of hydrogen-bond donors (Lipinski definition) is 3. The Morgan fingerprint density at radius 3 is 2.50 bits per heavy atom. The molecule has 0 atom stereocenters. The number of nitrogens with zero attached hydrogens (tertiary/aromatic N) is 4. The number of sulfonamides is 1. The van der Waals surface area contributed by atoms with Gasteiger partial charge < -0.3 is 29.4 Å². The third kappa shape index (κ3) is 5.14. The number of benzene rings is 3. The number of nitrogens with one attached hydrogen (secondary N) is 1. The van der Waals surface area contributed by atoms with Gasteiger partial charge in [0.05, 0.1) is 53.3 Å². The predicted octanol–water partition coefficient (Wildman–Crippen LogP) is 4.91. The minimum absolute atomic E-state index is 0.158. The van der Waals surface area contributed by atoms with Crippen LogP contribution >= 0.6 is 0 Å². The second-order valence-electron chi connectivity index (χ2n) is 11.5. The highest BCUT2D eigenvalue weighted by Gasteiger charge is 2.30. The molecule has 3 aromatic heterocycles. The standard InChI is InChI=1S/C34H29F2N5O6S/c1-37-34(44)31-22-13-21(27(39(2)48(3,45)46)15-29(22)47-33(31)18-7-9-19(35)10-8-18)24-11-12-26-32(38-24)28-14-20-23(36)5-4-6-25(20)41(28)17-40(26)16-30(42)43/h4-15,30,42-43H,16-17H2,1-3H3,(H,37,44). The number of aromatic nitrogens is 2. The fourth-order valence-electron chi connectivity index (χ4n) is 6.17. The summed E-state index contributed by atoms with van der Waals surface area (Å²) in [5, 5.41) is 23.1. The number of pyridine rings is 1. The number of anilines is 2. The maximum absolute atomic E-state index is 14.9. The maximum Gasteiger partial charge on any atom is 0.255 e. The zero-order valence-corrected chi connectivity index (χ0v) is 26.7. The molecule has 6 aromatic rings. The summed E-state index contributed by atoms with van der Waals surface area (Å²) < 4.78 is 63.5. The van der Waals surface area contributed by atoms with E-state index in [1.165, 1.54) is 50.5 Å². The lowest BCUT2D eigenvalue weighted by Gasteiger charge is -2.33. The van der Waals surface area contributed by atoms with E-state index in [-0.39, 0.29) is 35.8 Å². The molecule has 0 saturated carbocycles. The fourth-order valence-corrected chi connectivity index (χ4v) is 6.68. The summed E-state index contributed by atoms with van der Waals surface area (Å²) in [6.07, 6.45) is -0.622. The molecule has 4 heterocycles. The van der Waals surface area contributed by atoms with Crippen LogP contribution in [0.4, 0.5) is 20.2 Å². The van der Waals surface area contributed by atoms with Gasteiger partial charge in [-0.2, -0.15) is 0 Å². The normalized spacial score (nSPS) is 12.9. The number of aliphatic hydroxyl groups is 2. The smallest absolute Gasteiger partial charge is 0.255 e. The second-order valence-corrected chi connectivity index (χ2v) is 13.5. The molecule has 0 fully saturated rings. The fraction of sp³-hybridized carbons (Fsp3) is 0.176. The Morgan fingerprint density at radius 2 is 1.81 bits per heavy atom. The largest absolute Gasteiger partial charge is 0.455 e. The molecule has 3 aromatic carbocycles. The molecule has 0 aliphatic carbocycles. The van der Waals surface area contributed by atoms with Gasteiger partial charge in [-0.05, 0) is 60.7 Å².